The Labute approximate surface area is 111 Å². The number of nitrogens with zero attached hydrogens (tertiary/aromatic N) is 1. The van der Waals surface area contributed by atoms with E-state index in [2.05, 4.69) is 5.32 Å². The van der Waals surface area contributed by atoms with Crippen molar-refractivity contribution in [2.75, 3.05) is 5.32 Å². The number of rotatable bonds is 7. The topological polar surface area (TPSA) is 92.5 Å². The monoisotopic (exact) mass is 266 g/mol. The van der Waals surface area contributed by atoms with Gasteiger partial charge in [-0.2, -0.15) is 0 Å². The van der Waals surface area contributed by atoms with Gasteiger partial charge in [-0.25, -0.2) is 0 Å². The van der Waals surface area contributed by atoms with Crippen LogP contribution in [0.4, 0.5) is 11.4 Å². The third kappa shape index (κ3) is 4.95. The van der Waals surface area contributed by atoms with Gasteiger partial charge in [-0.1, -0.05) is 0 Å². The second-order valence-electron chi connectivity index (χ2n) is 4.59. The highest BCUT2D eigenvalue weighted by Crippen LogP contribution is 2.22. The Morgan fingerprint density at radius 3 is 2.74 bits per heavy atom. The number of carboxylic acid groups (broad SMARTS) is 1. The predicted octanol–water partition coefficient (Wildman–Crippen LogP) is 2.96. The fourth-order valence-corrected chi connectivity index (χ4v) is 1.87. The fourth-order valence-electron chi connectivity index (χ4n) is 1.87. The standard InChI is InChI=1S/C13H18N2O4/c1-9-8-11(6-7-12(9)15(18)19)14-10(2)4-3-5-13(16)17/h6-8,10,14H,3-5H2,1-2H3,(H,16,17). The zero-order valence-electron chi connectivity index (χ0n) is 11.0. The number of carboxylic acids is 1. The molecule has 0 aliphatic carbocycles. The van der Waals surface area contributed by atoms with E-state index in [0.29, 0.717) is 12.0 Å². The quantitative estimate of drug-likeness (QED) is 0.584. The van der Waals surface area contributed by atoms with E-state index < -0.39 is 10.9 Å². The molecule has 0 saturated carbocycles. The molecule has 2 N–H and O–H groups in total. The second-order valence-corrected chi connectivity index (χ2v) is 4.59. The lowest BCUT2D eigenvalue weighted by Crippen LogP contribution is -2.15. The molecule has 1 aromatic carbocycles. The highest BCUT2D eigenvalue weighted by molar-refractivity contribution is 5.66. The van der Waals surface area contributed by atoms with Crippen LogP contribution in [0.2, 0.25) is 0 Å². The minimum Gasteiger partial charge on any atom is -0.481 e. The molecule has 0 amide bonds. The third-order valence-corrected chi connectivity index (χ3v) is 2.83. The smallest absolute Gasteiger partial charge is 0.303 e. The SMILES string of the molecule is Cc1cc(NC(C)CCCC(=O)O)ccc1[N+](=O)[O-]. The van der Waals surface area contributed by atoms with Crippen molar-refractivity contribution < 1.29 is 14.8 Å². The molecule has 0 aliphatic heterocycles. The van der Waals surface area contributed by atoms with Crippen molar-refractivity contribution in [2.45, 2.75) is 39.2 Å². The molecule has 1 aromatic rings. The summed E-state index contributed by atoms with van der Waals surface area (Å²) >= 11 is 0. The number of anilines is 1. The zero-order valence-corrected chi connectivity index (χ0v) is 11.0. The lowest BCUT2D eigenvalue weighted by molar-refractivity contribution is -0.385. The van der Waals surface area contributed by atoms with Crippen LogP contribution in [0.5, 0.6) is 0 Å². The summed E-state index contributed by atoms with van der Waals surface area (Å²) in [7, 11) is 0. The van der Waals surface area contributed by atoms with Crippen molar-refractivity contribution in [3.8, 4) is 0 Å². The number of hydrogen-bond acceptors (Lipinski definition) is 4. The summed E-state index contributed by atoms with van der Waals surface area (Å²) < 4.78 is 0. The number of nitro benzene ring substituents is 1. The molecule has 1 rings (SSSR count). The van der Waals surface area contributed by atoms with Crippen LogP contribution < -0.4 is 5.32 Å². The molecule has 104 valence electrons. The molecule has 1 unspecified atom stereocenters. The molecule has 0 heterocycles. The van der Waals surface area contributed by atoms with Gasteiger partial charge in [0.05, 0.1) is 4.92 Å². The van der Waals surface area contributed by atoms with E-state index in [-0.39, 0.29) is 18.2 Å². The molecule has 0 aliphatic rings. The number of nitro groups is 1. The largest absolute Gasteiger partial charge is 0.481 e. The number of carbonyl (C=O) groups is 1. The van der Waals surface area contributed by atoms with Crippen molar-refractivity contribution in [1.29, 1.82) is 0 Å². The highest BCUT2D eigenvalue weighted by atomic mass is 16.6. The predicted molar refractivity (Wildman–Crippen MR) is 72.4 cm³/mol. The first kappa shape index (κ1) is 14.9. The molecular weight excluding hydrogens is 248 g/mol. The van der Waals surface area contributed by atoms with Crippen LogP contribution in [0.1, 0.15) is 31.7 Å². The Morgan fingerprint density at radius 1 is 1.53 bits per heavy atom. The Morgan fingerprint density at radius 2 is 2.21 bits per heavy atom. The number of hydrogen-bond donors (Lipinski definition) is 2. The van der Waals surface area contributed by atoms with Gasteiger partial charge in [0.2, 0.25) is 0 Å². The van der Waals surface area contributed by atoms with Crippen LogP contribution in [-0.2, 0) is 4.79 Å². The molecule has 0 spiro atoms. The maximum absolute atomic E-state index is 10.7. The van der Waals surface area contributed by atoms with E-state index in [1.165, 1.54) is 6.07 Å². The van der Waals surface area contributed by atoms with Gasteiger partial charge >= 0.3 is 5.97 Å². The van der Waals surface area contributed by atoms with E-state index in [1.54, 1.807) is 19.1 Å². The normalized spacial score (nSPS) is 11.9. The molecule has 0 aromatic heterocycles. The highest BCUT2D eigenvalue weighted by Gasteiger charge is 2.11. The molecular formula is C13H18N2O4. The van der Waals surface area contributed by atoms with Crippen molar-refractivity contribution in [3.63, 3.8) is 0 Å². The van der Waals surface area contributed by atoms with Gasteiger partial charge in [0, 0.05) is 29.8 Å². The van der Waals surface area contributed by atoms with Crippen LogP contribution in [0.15, 0.2) is 18.2 Å². The van der Waals surface area contributed by atoms with Gasteiger partial charge in [-0.05, 0) is 38.8 Å². The molecule has 0 saturated heterocycles. The first-order chi connectivity index (χ1) is 8.90. The van der Waals surface area contributed by atoms with Crippen molar-refractivity contribution in [3.05, 3.63) is 33.9 Å². The average Bonchev–Trinajstić information content (AvgIpc) is 2.27. The Kier molecular flexibility index (Phi) is 5.29. The number of benzene rings is 1. The van der Waals surface area contributed by atoms with Gasteiger partial charge < -0.3 is 10.4 Å². The summed E-state index contributed by atoms with van der Waals surface area (Å²) in [6.45, 7) is 3.65. The third-order valence-electron chi connectivity index (χ3n) is 2.83. The van der Waals surface area contributed by atoms with Crippen LogP contribution in [0.3, 0.4) is 0 Å². The van der Waals surface area contributed by atoms with Crippen LogP contribution in [-0.4, -0.2) is 22.0 Å². The summed E-state index contributed by atoms with van der Waals surface area (Å²) in [5.41, 5.74) is 1.52. The molecule has 19 heavy (non-hydrogen) atoms. The summed E-state index contributed by atoms with van der Waals surface area (Å²) in [5, 5.41) is 22.4. The second kappa shape index (κ2) is 6.72. The van der Waals surface area contributed by atoms with Crippen molar-refractivity contribution in [2.24, 2.45) is 0 Å². The van der Waals surface area contributed by atoms with Crippen LogP contribution >= 0.6 is 0 Å². The van der Waals surface area contributed by atoms with Crippen LogP contribution in [0.25, 0.3) is 0 Å². The fraction of sp³-hybridized carbons (Fsp3) is 0.462. The molecule has 0 fully saturated rings. The van der Waals surface area contributed by atoms with Gasteiger partial charge in [-0.15, -0.1) is 0 Å². The number of aliphatic carboxylic acids is 1. The summed E-state index contributed by atoms with van der Waals surface area (Å²) in [6.07, 6.45) is 1.50. The van der Waals surface area contributed by atoms with Gasteiger partial charge in [-0.3, -0.25) is 14.9 Å². The Balaban J connectivity index is 2.55. The van der Waals surface area contributed by atoms with Crippen molar-refractivity contribution in [1.82, 2.24) is 0 Å². The zero-order chi connectivity index (χ0) is 14.4. The lowest BCUT2D eigenvalue weighted by atomic mass is 10.1. The Hall–Kier alpha value is -2.11. The summed E-state index contributed by atoms with van der Waals surface area (Å²) in [6, 6.07) is 4.99. The van der Waals surface area contributed by atoms with E-state index in [4.69, 9.17) is 5.11 Å². The molecule has 6 heteroatoms. The first-order valence-electron chi connectivity index (χ1n) is 6.13. The van der Waals surface area contributed by atoms with Crippen molar-refractivity contribution >= 4 is 17.3 Å². The molecule has 0 bridgehead atoms. The average molecular weight is 266 g/mol. The molecule has 1 atom stereocenters. The van der Waals surface area contributed by atoms with E-state index in [9.17, 15) is 14.9 Å². The summed E-state index contributed by atoms with van der Waals surface area (Å²) in [5.74, 6) is -0.793. The van der Waals surface area contributed by atoms with Crippen LogP contribution in [0, 0.1) is 17.0 Å². The number of aryl methyl sites for hydroxylation is 1. The minimum absolute atomic E-state index is 0.101. The van der Waals surface area contributed by atoms with Gasteiger partial charge in [0.1, 0.15) is 0 Å². The molecule has 0 radical (unpaired) electrons. The lowest BCUT2D eigenvalue weighted by Gasteiger charge is -2.15. The number of nitrogens with one attached hydrogen (secondary N) is 1. The first-order valence-corrected chi connectivity index (χ1v) is 6.13. The van der Waals surface area contributed by atoms with E-state index >= 15 is 0 Å². The Bertz CT molecular complexity index is 474. The summed E-state index contributed by atoms with van der Waals surface area (Å²) in [4.78, 5) is 20.7. The maximum Gasteiger partial charge on any atom is 0.303 e. The van der Waals surface area contributed by atoms with Gasteiger partial charge in [0.15, 0.2) is 0 Å². The maximum atomic E-state index is 10.7. The minimum atomic E-state index is -0.793. The van der Waals surface area contributed by atoms with E-state index in [0.717, 1.165) is 12.1 Å². The van der Waals surface area contributed by atoms with E-state index in [1.807, 2.05) is 6.92 Å². The molecule has 6 nitrogen and oxygen atoms in total. The van der Waals surface area contributed by atoms with Gasteiger partial charge in [0.25, 0.3) is 5.69 Å².